The second kappa shape index (κ2) is 5.83. The predicted molar refractivity (Wildman–Crippen MR) is 63.5 cm³/mol. The fraction of sp³-hybridized carbons (Fsp3) is 0.583. The third kappa shape index (κ3) is 3.98. The van der Waals surface area contributed by atoms with Crippen LogP contribution in [0.3, 0.4) is 0 Å². The Morgan fingerprint density at radius 3 is 2.67 bits per heavy atom. The lowest BCUT2D eigenvalue weighted by atomic mass is 10.0. The molecule has 0 bridgehead atoms. The van der Waals surface area contributed by atoms with Crippen molar-refractivity contribution in [2.75, 3.05) is 6.54 Å². The fourth-order valence-corrected chi connectivity index (χ4v) is 1.52. The molecule has 0 aliphatic carbocycles. The number of nitrogens with two attached hydrogens (primary N) is 1. The van der Waals surface area contributed by atoms with Crippen molar-refractivity contribution in [2.45, 2.75) is 33.4 Å². The maximum atomic E-state index is 5.68. The Kier molecular flexibility index (Phi) is 4.72. The molecule has 0 aromatic carbocycles. The van der Waals surface area contributed by atoms with Crippen LogP contribution in [-0.2, 0) is 6.54 Å². The van der Waals surface area contributed by atoms with Gasteiger partial charge >= 0.3 is 0 Å². The highest BCUT2D eigenvalue weighted by Gasteiger charge is 2.10. The quantitative estimate of drug-likeness (QED) is 0.768. The molecule has 3 nitrogen and oxygen atoms in total. The fourth-order valence-electron chi connectivity index (χ4n) is 1.52. The van der Waals surface area contributed by atoms with Gasteiger partial charge in [-0.25, -0.2) is 0 Å². The molecule has 1 aromatic rings. The van der Waals surface area contributed by atoms with Crippen LogP contribution in [0.2, 0.25) is 0 Å². The number of nitrogens with zero attached hydrogens (tertiary/aromatic N) is 1. The molecule has 15 heavy (non-hydrogen) atoms. The van der Waals surface area contributed by atoms with Gasteiger partial charge in [0.1, 0.15) is 0 Å². The van der Waals surface area contributed by atoms with Gasteiger partial charge in [-0.2, -0.15) is 0 Å². The first-order valence-electron chi connectivity index (χ1n) is 5.49. The minimum atomic E-state index is 0.368. The monoisotopic (exact) mass is 207 g/mol. The van der Waals surface area contributed by atoms with Crippen molar-refractivity contribution >= 4 is 0 Å². The first-order chi connectivity index (χ1) is 7.13. The van der Waals surface area contributed by atoms with Gasteiger partial charge in [0.2, 0.25) is 0 Å². The van der Waals surface area contributed by atoms with Crippen LogP contribution in [0, 0.1) is 12.8 Å². The molecular formula is C12H21N3. The van der Waals surface area contributed by atoms with Crippen LogP contribution in [0.1, 0.15) is 25.2 Å². The van der Waals surface area contributed by atoms with Crippen LogP contribution in [0.4, 0.5) is 0 Å². The van der Waals surface area contributed by atoms with Crippen LogP contribution in [0.15, 0.2) is 18.2 Å². The van der Waals surface area contributed by atoms with Crippen molar-refractivity contribution in [3.63, 3.8) is 0 Å². The lowest BCUT2D eigenvalue weighted by molar-refractivity contribution is 0.403. The Morgan fingerprint density at radius 1 is 1.40 bits per heavy atom. The zero-order valence-corrected chi connectivity index (χ0v) is 9.83. The topological polar surface area (TPSA) is 50.9 Å². The Labute approximate surface area is 92.1 Å². The second-order valence-corrected chi connectivity index (χ2v) is 4.24. The van der Waals surface area contributed by atoms with E-state index in [1.807, 2.05) is 25.1 Å². The first kappa shape index (κ1) is 12.1. The molecule has 84 valence electrons. The molecule has 1 aromatic heterocycles. The van der Waals surface area contributed by atoms with Crippen LogP contribution in [-0.4, -0.2) is 17.6 Å². The van der Waals surface area contributed by atoms with E-state index < -0.39 is 0 Å². The number of aryl methyl sites for hydroxylation is 1. The Hall–Kier alpha value is -0.930. The minimum Gasteiger partial charge on any atom is -0.329 e. The summed E-state index contributed by atoms with van der Waals surface area (Å²) in [6.45, 7) is 7.82. The molecule has 0 aliphatic heterocycles. The Balaban J connectivity index is 2.49. The highest BCUT2D eigenvalue weighted by Crippen LogP contribution is 2.02. The number of hydrogen-bond donors (Lipinski definition) is 2. The van der Waals surface area contributed by atoms with Crippen molar-refractivity contribution < 1.29 is 0 Å². The molecule has 3 heteroatoms. The SMILES string of the molecule is Cc1cccc(CNC(CN)C(C)C)n1. The number of aromatic nitrogens is 1. The van der Waals surface area contributed by atoms with Crippen LogP contribution in [0.5, 0.6) is 0 Å². The van der Waals surface area contributed by atoms with Gasteiger partial charge in [-0.05, 0) is 25.0 Å². The van der Waals surface area contributed by atoms with E-state index in [4.69, 9.17) is 5.73 Å². The molecule has 1 rings (SSSR count). The summed E-state index contributed by atoms with van der Waals surface area (Å²) in [6.07, 6.45) is 0. The van der Waals surface area contributed by atoms with Crippen molar-refractivity contribution in [2.24, 2.45) is 11.7 Å². The van der Waals surface area contributed by atoms with E-state index in [1.165, 1.54) is 0 Å². The Bertz CT molecular complexity index is 297. The third-order valence-electron chi connectivity index (χ3n) is 2.55. The number of pyridine rings is 1. The van der Waals surface area contributed by atoms with Crippen LogP contribution < -0.4 is 11.1 Å². The number of hydrogen-bond acceptors (Lipinski definition) is 3. The normalized spacial score (nSPS) is 13.1. The van der Waals surface area contributed by atoms with Gasteiger partial charge in [-0.15, -0.1) is 0 Å². The van der Waals surface area contributed by atoms with E-state index in [1.54, 1.807) is 0 Å². The van der Waals surface area contributed by atoms with Gasteiger partial charge in [-0.1, -0.05) is 19.9 Å². The van der Waals surface area contributed by atoms with Crippen molar-refractivity contribution in [1.82, 2.24) is 10.3 Å². The highest BCUT2D eigenvalue weighted by molar-refractivity contribution is 5.09. The summed E-state index contributed by atoms with van der Waals surface area (Å²) in [5, 5.41) is 3.42. The maximum Gasteiger partial charge on any atom is 0.0544 e. The van der Waals surface area contributed by atoms with E-state index in [0.717, 1.165) is 17.9 Å². The van der Waals surface area contributed by atoms with E-state index in [2.05, 4.69) is 24.1 Å². The number of rotatable bonds is 5. The molecule has 0 radical (unpaired) electrons. The second-order valence-electron chi connectivity index (χ2n) is 4.24. The summed E-state index contributed by atoms with van der Waals surface area (Å²) in [7, 11) is 0. The summed E-state index contributed by atoms with van der Waals surface area (Å²) >= 11 is 0. The average Bonchev–Trinajstić information content (AvgIpc) is 2.18. The molecule has 0 fully saturated rings. The van der Waals surface area contributed by atoms with Gasteiger partial charge in [0.25, 0.3) is 0 Å². The van der Waals surface area contributed by atoms with E-state index in [-0.39, 0.29) is 0 Å². The lowest BCUT2D eigenvalue weighted by Crippen LogP contribution is -2.39. The predicted octanol–water partition coefficient (Wildman–Crippen LogP) is 1.46. The minimum absolute atomic E-state index is 0.368. The zero-order chi connectivity index (χ0) is 11.3. The third-order valence-corrected chi connectivity index (χ3v) is 2.55. The van der Waals surface area contributed by atoms with E-state index >= 15 is 0 Å². The summed E-state index contributed by atoms with van der Waals surface area (Å²) in [5.74, 6) is 0.555. The number of nitrogens with one attached hydrogen (secondary N) is 1. The van der Waals surface area contributed by atoms with Gasteiger partial charge in [-0.3, -0.25) is 4.98 Å². The largest absolute Gasteiger partial charge is 0.329 e. The molecule has 0 spiro atoms. The molecule has 3 N–H and O–H groups in total. The van der Waals surface area contributed by atoms with Gasteiger partial charge < -0.3 is 11.1 Å². The Morgan fingerprint density at radius 2 is 2.13 bits per heavy atom. The summed E-state index contributed by atoms with van der Waals surface area (Å²) < 4.78 is 0. The van der Waals surface area contributed by atoms with Gasteiger partial charge in [0.15, 0.2) is 0 Å². The molecule has 0 saturated heterocycles. The molecule has 1 unspecified atom stereocenters. The molecule has 1 heterocycles. The van der Waals surface area contributed by atoms with Crippen molar-refractivity contribution in [3.8, 4) is 0 Å². The van der Waals surface area contributed by atoms with Crippen LogP contribution in [0.25, 0.3) is 0 Å². The van der Waals surface area contributed by atoms with Crippen LogP contribution >= 0.6 is 0 Å². The maximum absolute atomic E-state index is 5.68. The molecule has 0 amide bonds. The summed E-state index contributed by atoms with van der Waals surface area (Å²) in [6, 6.07) is 6.44. The van der Waals surface area contributed by atoms with Gasteiger partial charge in [0, 0.05) is 24.8 Å². The first-order valence-corrected chi connectivity index (χ1v) is 5.49. The standard InChI is InChI=1S/C12H21N3/c1-9(2)12(7-13)14-8-11-6-4-5-10(3)15-11/h4-6,9,12,14H,7-8,13H2,1-3H3. The zero-order valence-electron chi connectivity index (χ0n) is 9.83. The average molecular weight is 207 g/mol. The molecule has 0 aliphatic rings. The smallest absolute Gasteiger partial charge is 0.0544 e. The molecule has 1 atom stereocenters. The molecule has 0 saturated carbocycles. The molecular weight excluding hydrogens is 186 g/mol. The van der Waals surface area contributed by atoms with Gasteiger partial charge in [0.05, 0.1) is 5.69 Å². The van der Waals surface area contributed by atoms with Crippen molar-refractivity contribution in [3.05, 3.63) is 29.6 Å². The van der Waals surface area contributed by atoms with E-state index in [0.29, 0.717) is 18.5 Å². The summed E-state index contributed by atoms with van der Waals surface area (Å²) in [5.41, 5.74) is 7.82. The highest BCUT2D eigenvalue weighted by atomic mass is 15.0. The lowest BCUT2D eigenvalue weighted by Gasteiger charge is -2.20. The van der Waals surface area contributed by atoms with Crippen molar-refractivity contribution in [1.29, 1.82) is 0 Å². The van der Waals surface area contributed by atoms with E-state index in [9.17, 15) is 0 Å². The summed E-state index contributed by atoms with van der Waals surface area (Å²) in [4.78, 5) is 4.44.